The van der Waals surface area contributed by atoms with Crippen LogP contribution in [0, 0.1) is 20.8 Å². The van der Waals surface area contributed by atoms with Crippen LogP contribution in [0.3, 0.4) is 0 Å². The third kappa shape index (κ3) is 3.31. The molecule has 106 valence electrons. The maximum absolute atomic E-state index is 12.2. The van der Waals surface area contributed by atoms with E-state index >= 15 is 0 Å². The van der Waals surface area contributed by atoms with Crippen LogP contribution < -0.4 is 5.56 Å². The molecule has 3 nitrogen and oxygen atoms in total. The molecule has 1 heterocycles. The summed E-state index contributed by atoms with van der Waals surface area (Å²) in [5.41, 5.74) is 5.18. The van der Waals surface area contributed by atoms with Gasteiger partial charge in [0.15, 0.2) is 5.16 Å². The van der Waals surface area contributed by atoms with Gasteiger partial charge in [0.1, 0.15) is 0 Å². The van der Waals surface area contributed by atoms with Crippen molar-refractivity contribution >= 4 is 11.8 Å². The molecule has 0 atom stereocenters. The van der Waals surface area contributed by atoms with Crippen molar-refractivity contribution in [2.24, 2.45) is 0 Å². The summed E-state index contributed by atoms with van der Waals surface area (Å²) in [4.78, 5) is 19.6. The van der Waals surface area contributed by atoms with E-state index in [9.17, 15) is 4.79 Å². The Morgan fingerprint density at radius 1 is 1.25 bits per heavy atom. The van der Waals surface area contributed by atoms with Gasteiger partial charge in [0.2, 0.25) is 0 Å². The zero-order chi connectivity index (χ0) is 14.7. The fourth-order valence-electron chi connectivity index (χ4n) is 2.18. The fraction of sp³-hybridized carbons (Fsp3) is 0.375. The minimum atomic E-state index is -0.0191. The van der Waals surface area contributed by atoms with Crippen molar-refractivity contribution in [3.8, 4) is 0 Å². The summed E-state index contributed by atoms with van der Waals surface area (Å²) >= 11 is 1.56. The number of aryl methyl sites for hydroxylation is 3. The number of aromatic amines is 1. The second-order valence-electron chi connectivity index (χ2n) is 4.97. The molecule has 20 heavy (non-hydrogen) atoms. The molecular weight excluding hydrogens is 268 g/mol. The maximum atomic E-state index is 12.2. The van der Waals surface area contributed by atoms with Gasteiger partial charge in [-0.15, -0.1) is 0 Å². The molecule has 0 saturated carbocycles. The lowest BCUT2D eigenvalue weighted by atomic mass is 9.99. The third-order valence-corrected chi connectivity index (χ3v) is 4.11. The SMILES string of the molecule is CCSc1nc(C)c(Cc2cc(C)ccc2C)c(=O)[nH]1. The zero-order valence-electron chi connectivity index (χ0n) is 12.4. The molecule has 2 rings (SSSR count). The van der Waals surface area contributed by atoms with Crippen molar-refractivity contribution in [1.29, 1.82) is 0 Å². The molecule has 1 N–H and O–H groups in total. The van der Waals surface area contributed by atoms with E-state index in [1.807, 2.05) is 13.8 Å². The second kappa shape index (κ2) is 6.27. The van der Waals surface area contributed by atoms with Gasteiger partial charge in [0.25, 0.3) is 5.56 Å². The molecule has 0 radical (unpaired) electrons. The Bertz CT molecular complexity index is 677. The highest BCUT2D eigenvalue weighted by Crippen LogP contribution is 2.17. The average molecular weight is 288 g/mol. The first kappa shape index (κ1) is 14.9. The van der Waals surface area contributed by atoms with Crippen LogP contribution in [0.2, 0.25) is 0 Å². The summed E-state index contributed by atoms with van der Waals surface area (Å²) in [5.74, 6) is 0.902. The molecule has 0 spiro atoms. The predicted molar refractivity (Wildman–Crippen MR) is 84.7 cm³/mol. The highest BCUT2D eigenvalue weighted by Gasteiger charge is 2.10. The van der Waals surface area contributed by atoms with Crippen molar-refractivity contribution in [2.75, 3.05) is 5.75 Å². The van der Waals surface area contributed by atoms with Gasteiger partial charge in [-0.3, -0.25) is 4.79 Å². The average Bonchev–Trinajstić information content (AvgIpc) is 2.38. The monoisotopic (exact) mass is 288 g/mol. The molecule has 4 heteroatoms. The van der Waals surface area contributed by atoms with Gasteiger partial charge in [-0.1, -0.05) is 42.4 Å². The zero-order valence-corrected chi connectivity index (χ0v) is 13.2. The molecule has 2 aromatic rings. The number of nitrogens with zero attached hydrogens (tertiary/aromatic N) is 1. The van der Waals surface area contributed by atoms with Gasteiger partial charge >= 0.3 is 0 Å². The summed E-state index contributed by atoms with van der Waals surface area (Å²) in [5, 5.41) is 0.708. The van der Waals surface area contributed by atoms with E-state index in [0.29, 0.717) is 11.6 Å². The normalized spacial score (nSPS) is 10.8. The Morgan fingerprint density at radius 3 is 2.65 bits per heavy atom. The van der Waals surface area contributed by atoms with E-state index in [0.717, 1.165) is 17.0 Å². The molecule has 0 fully saturated rings. The third-order valence-electron chi connectivity index (χ3n) is 3.35. The summed E-state index contributed by atoms with van der Waals surface area (Å²) in [6.07, 6.45) is 0.638. The molecule has 0 unspecified atom stereocenters. The Balaban J connectivity index is 2.39. The van der Waals surface area contributed by atoms with Gasteiger partial charge < -0.3 is 4.98 Å². The Kier molecular flexibility index (Phi) is 4.65. The van der Waals surface area contributed by atoms with E-state index in [1.165, 1.54) is 16.7 Å². The van der Waals surface area contributed by atoms with E-state index in [-0.39, 0.29) is 5.56 Å². The van der Waals surface area contributed by atoms with Crippen LogP contribution >= 0.6 is 11.8 Å². The van der Waals surface area contributed by atoms with Crippen LogP contribution in [0.5, 0.6) is 0 Å². The lowest BCUT2D eigenvalue weighted by Crippen LogP contribution is -2.18. The quantitative estimate of drug-likeness (QED) is 0.693. The van der Waals surface area contributed by atoms with Crippen molar-refractivity contribution in [1.82, 2.24) is 9.97 Å². The molecule has 1 aromatic carbocycles. The first-order chi connectivity index (χ1) is 9.51. The molecule has 0 aliphatic rings. The second-order valence-corrected chi connectivity index (χ2v) is 6.23. The Hall–Kier alpha value is -1.55. The van der Waals surface area contributed by atoms with Gasteiger partial charge in [-0.05, 0) is 37.7 Å². The van der Waals surface area contributed by atoms with Gasteiger partial charge in [0.05, 0.1) is 0 Å². The van der Waals surface area contributed by atoms with E-state index in [1.54, 1.807) is 11.8 Å². The molecule has 1 aromatic heterocycles. The van der Waals surface area contributed by atoms with Crippen molar-refractivity contribution in [3.05, 3.63) is 56.5 Å². The maximum Gasteiger partial charge on any atom is 0.255 e. The molecule has 0 aliphatic carbocycles. The largest absolute Gasteiger partial charge is 0.301 e. The van der Waals surface area contributed by atoms with Gasteiger partial charge in [-0.2, -0.15) is 0 Å². The fourth-order valence-corrected chi connectivity index (χ4v) is 2.82. The van der Waals surface area contributed by atoms with Crippen LogP contribution in [0.4, 0.5) is 0 Å². The van der Waals surface area contributed by atoms with E-state index in [4.69, 9.17) is 0 Å². The lowest BCUT2D eigenvalue weighted by Gasteiger charge is -2.09. The number of hydrogen-bond donors (Lipinski definition) is 1. The highest BCUT2D eigenvalue weighted by atomic mass is 32.2. The topological polar surface area (TPSA) is 45.8 Å². The summed E-state index contributed by atoms with van der Waals surface area (Å²) < 4.78 is 0. The molecule has 0 aliphatic heterocycles. The summed E-state index contributed by atoms with van der Waals surface area (Å²) in [6, 6.07) is 6.33. The Morgan fingerprint density at radius 2 is 2.00 bits per heavy atom. The number of nitrogens with one attached hydrogen (secondary N) is 1. The number of aromatic nitrogens is 2. The van der Waals surface area contributed by atoms with Crippen LogP contribution in [-0.2, 0) is 6.42 Å². The highest BCUT2D eigenvalue weighted by molar-refractivity contribution is 7.99. The summed E-state index contributed by atoms with van der Waals surface area (Å²) in [6.45, 7) is 8.10. The smallest absolute Gasteiger partial charge is 0.255 e. The molecule has 0 saturated heterocycles. The minimum absolute atomic E-state index is 0.0191. The minimum Gasteiger partial charge on any atom is -0.301 e. The number of benzene rings is 1. The van der Waals surface area contributed by atoms with Gasteiger partial charge in [0, 0.05) is 17.7 Å². The van der Waals surface area contributed by atoms with Crippen LogP contribution in [0.15, 0.2) is 28.2 Å². The lowest BCUT2D eigenvalue weighted by molar-refractivity contribution is 0.865. The van der Waals surface area contributed by atoms with Gasteiger partial charge in [-0.25, -0.2) is 4.98 Å². The van der Waals surface area contributed by atoms with Crippen molar-refractivity contribution < 1.29 is 0 Å². The van der Waals surface area contributed by atoms with Crippen LogP contribution in [0.1, 0.15) is 34.9 Å². The number of thioether (sulfide) groups is 1. The molecule has 0 amide bonds. The number of rotatable bonds is 4. The van der Waals surface area contributed by atoms with Crippen molar-refractivity contribution in [2.45, 2.75) is 39.3 Å². The first-order valence-corrected chi connectivity index (χ1v) is 7.78. The number of hydrogen-bond acceptors (Lipinski definition) is 3. The summed E-state index contributed by atoms with van der Waals surface area (Å²) in [7, 11) is 0. The van der Waals surface area contributed by atoms with E-state index in [2.05, 4.69) is 42.0 Å². The van der Waals surface area contributed by atoms with Crippen molar-refractivity contribution in [3.63, 3.8) is 0 Å². The first-order valence-electron chi connectivity index (χ1n) is 6.80. The Labute approximate surface area is 123 Å². The molecule has 0 bridgehead atoms. The number of H-pyrrole nitrogens is 1. The molecular formula is C16H20N2OS. The van der Waals surface area contributed by atoms with E-state index < -0.39 is 0 Å². The standard InChI is InChI=1S/C16H20N2OS/c1-5-20-16-17-12(4)14(15(19)18-16)9-13-8-10(2)6-7-11(13)3/h6-8H,5,9H2,1-4H3,(H,17,18,19). The van der Waals surface area contributed by atoms with Crippen LogP contribution in [0.25, 0.3) is 0 Å². The predicted octanol–water partition coefficient (Wildman–Crippen LogP) is 3.40. The van der Waals surface area contributed by atoms with Crippen LogP contribution in [-0.4, -0.2) is 15.7 Å².